The molecule has 0 aliphatic carbocycles. The molecule has 2 aliphatic rings. The monoisotopic (exact) mass is 1570 g/mol. The van der Waals surface area contributed by atoms with Crippen molar-refractivity contribution in [3.05, 3.63) is 293 Å². The predicted molar refractivity (Wildman–Crippen MR) is 454 cm³/mol. The number of fused-ring (bicyclic) bond motifs is 9. The van der Waals surface area contributed by atoms with Crippen LogP contribution >= 0.6 is 47.8 Å². The standard InChI is InChI=1S/C30H27BO2.C24H15Br.C14H8Br2.C10H8BO2.C9H19BO3.C4H9.Li/c1-29(2)30(3,4)33-31(32-29)28-25-15-9-7-13-23(25)27(24-14-8-10-16-26(24)28)22-18-17-20-11-5-6-12-21(20)19-22;25-24-21-11-5-3-9-19(21)23(20-10-4-6-12-22(20)24)18-14-13-16-7-1-2-8-17(16)15-18;15-13-9-5-1-2-6-10(9)14(16)12-8-4-3-7-11(12)13;12-11-13-10-6-5-8-3-1-2-4-9(8)7-10;1-7(2)11-10-12-8(3,4)9(5,6)13-10;1-3-4-2;/h5-19H,1-4H3;1-15H;1-8H;1-7,12H;7H,1-6H3;1,3-4H2,2H3;/q;;;;;-1;+1. The van der Waals surface area contributed by atoms with Gasteiger partial charge in [-0.3, -0.25) is 0 Å². The van der Waals surface area contributed by atoms with E-state index >= 15 is 0 Å². The van der Waals surface area contributed by atoms with E-state index in [1.807, 2.05) is 84.0 Å². The van der Waals surface area contributed by atoms with Crippen molar-refractivity contribution in [1.29, 1.82) is 0 Å². The SMILES string of the molecule is Brc1c2ccccc2c(-c2ccc3ccccc3c2)c2ccccc12.Brc1c2ccccc2c(Br)c2ccccc12.CC(C)OB1OC(C)(C)C(C)(C)O1.CC1(C)OB(c2c3ccccc3c(-c3ccc4ccccc4c3)c3ccccc23)OC1(C)C.O[B]Oc1ccc2ccccc2c1.[CH2-]CCC.[Li+]. The zero-order valence-corrected chi connectivity index (χ0v) is 66.7. The summed E-state index contributed by atoms with van der Waals surface area (Å²) in [6.45, 7) is 26.1. The molecule has 17 rings (SSSR count). The third kappa shape index (κ3) is 17.1. The van der Waals surface area contributed by atoms with Gasteiger partial charge >= 0.3 is 41.0 Å². The van der Waals surface area contributed by atoms with Crippen molar-refractivity contribution in [2.75, 3.05) is 0 Å². The van der Waals surface area contributed by atoms with Crippen LogP contribution in [0.2, 0.25) is 0 Å². The normalized spacial score (nSPS) is 14.5. The fourth-order valence-corrected chi connectivity index (χ4v) is 15.2. The van der Waals surface area contributed by atoms with Crippen LogP contribution in [-0.4, -0.2) is 55.7 Å². The summed E-state index contributed by atoms with van der Waals surface area (Å²) >= 11 is 11.2. The van der Waals surface area contributed by atoms with Gasteiger partial charge < -0.3 is 39.9 Å². The van der Waals surface area contributed by atoms with Crippen molar-refractivity contribution in [2.45, 2.75) is 118 Å². The molecule has 0 spiro atoms. The summed E-state index contributed by atoms with van der Waals surface area (Å²) in [5.41, 5.74) is 4.78. The van der Waals surface area contributed by atoms with E-state index in [1.165, 1.54) is 128 Å². The molecule has 2 saturated heterocycles. The molecular weight excluding hydrogens is 1480 g/mol. The number of benzene rings is 15. The van der Waals surface area contributed by atoms with Gasteiger partial charge in [-0.15, -0.1) is 0 Å². The Balaban J connectivity index is 0.000000136. The zero-order valence-electron chi connectivity index (χ0n) is 61.9. The molecule has 2 aliphatic heterocycles. The Morgan fingerprint density at radius 1 is 0.381 bits per heavy atom. The predicted octanol–water partition coefficient (Wildman–Crippen LogP) is 22.6. The second-order valence-electron chi connectivity index (χ2n) is 28.4. The van der Waals surface area contributed by atoms with Gasteiger partial charge in [-0.25, -0.2) is 0 Å². The van der Waals surface area contributed by atoms with Crippen molar-refractivity contribution >= 4 is 172 Å². The second-order valence-corrected chi connectivity index (χ2v) is 30.8. The van der Waals surface area contributed by atoms with Crippen LogP contribution in [-0.2, 0) is 23.3 Å². The summed E-state index contributed by atoms with van der Waals surface area (Å²) in [6.07, 6.45) is 2.40. The number of unbranched alkanes of at least 4 members (excludes halogenated alkanes) is 1. The van der Waals surface area contributed by atoms with Gasteiger partial charge in [-0.1, -0.05) is 262 Å². The van der Waals surface area contributed by atoms with Crippen LogP contribution in [0.15, 0.2) is 286 Å². The average Bonchev–Trinajstić information content (AvgIpc) is 1.43. The Bertz CT molecular complexity index is 5310. The Morgan fingerprint density at radius 3 is 0.971 bits per heavy atom. The van der Waals surface area contributed by atoms with Gasteiger partial charge in [0.15, 0.2) is 0 Å². The van der Waals surface area contributed by atoms with Crippen LogP contribution in [0.25, 0.3) is 119 Å². The molecule has 0 aromatic heterocycles. The Hall–Kier alpha value is -7.57. The molecule has 0 amide bonds. The maximum Gasteiger partial charge on any atom is 1.00 e. The first-order valence-corrected chi connectivity index (χ1v) is 37.9. The molecule has 7 nitrogen and oxygen atoms in total. The third-order valence-electron chi connectivity index (χ3n) is 20.1. The van der Waals surface area contributed by atoms with Gasteiger partial charge in [0.25, 0.3) is 0 Å². The van der Waals surface area contributed by atoms with Crippen LogP contribution in [0.3, 0.4) is 0 Å². The molecular formula is C91H86B3Br3LiO7. The van der Waals surface area contributed by atoms with E-state index < -0.39 is 25.6 Å². The summed E-state index contributed by atoms with van der Waals surface area (Å²) in [7, 11) is -0.259. The van der Waals surface area contributed by atoms with E-state index in [4.69, 9.17) is 33.0 Å². The van der Waals surface area contributed by atoms with Crippen molar-refractivity contribution < 1.29 is 51.8 Å². The molecule has 0 atom stereocenters. The van der Waals surface area contributed by atoms with E-state index in [1.54, 1.807) is 0 Å². The Morgan fingerprint density at radius 2 is 0.648 bits per heavy atom. The fourth-order valence-electron chi connectivity index (χ4n) is 13.2. The summed E-state index contributed by atoms with van der Waals surface area (Å²) in [6, 6.07) is 95.6. The van der Waals surface area contributed by atoms with Gasteiger partial charge in [0, 0.05) is 19.5 Å². The van der Waals surface area contributed by atoms with Crippen LogP contribution in [0.1, 0.15) is 89.0 Å². The van der Waals surface area contributed by atoms with Crippen LogP contribution in [0.5, 0.6) is 5.75 Å². The van der Waals surface area contributed by atoms with E-state index in [0.717, 1.165) is 22.7 Å². The van der Waals surface area contributed by atoms with Gasteiger partial charge in [-0.05, 0) is 266 Å². The average molecular weight is 1570 g/mol. The van der Waals surface area contributed by atoms with E-state index in [0.29, 0.717) is 13.4 Å². The van der Waals surface area contributed by atoms with Gasteiger partial charge in [0.05, 0.1) is 22.4 Å². The molecule has 15 aromatic rings. The molecule has 523 valence electrons. The number of halogens is 3. The molecule has 2 fully saturated rings. The van der Waals surface area contributed by atoms with Crippen LogP contribution in [0, 0.1) is 6.92 Å². The Kier molecular flexibility index (Phi) is 25.5. The van der Waals surface area contributed by atoms with Crippen LogP contribution < -0.4 is 29.0 Å². The minimum Gasteiger partial charge on any atom is -0.537 e. The number of hydrogen-bond donors (Lipinski definition) is 1. The van der Waals surface area contributed by atoms with Gasteiger partial charge in [-0.2, -0.15) is 6.42 Å². The van der Waals surface area contributed by atoms with Gasteiger partial charge in [0.1, 0.15) is 5.75 Å². The van der Waals surface area contributed by atoms with Crippen LogP contribution in [0.4, 0.5) is 0 Å². The van der Waals surface area contributed by atoms with E-state index in [2.05, 4.69) is 320 Å². The summed E-state index contributed by atoms with van der Waals surface area (Å²) in [5, 5.41) is 30.6. The van der Waals surface area contributed by atoms with Crippen molar-refractivity contribution in [1.82, 2.24) is 0 Å². The second kappa shape index (κ2) is 34.1. The first-order chi connectivity index (χ1) is 50.0. The number of hydrogen-bond acceptors (Lipinski definition) is 7. The maximum absolute atomic E-state index is 8.44. The first kappa shape index (κ1) is 78.5. The topological polar surface area (TPSA) is 75.6 Å². The first-order valence-electron chi connectivity index (χ1n) is 35.6. The molecule has 105 heavy (non-hydrogen) atoms. The quantitative estimate of drug-likeness (QED) is 0.0923. The summed E-state index contributed by atoms with van der Waals surface area (Å²) < 4.78 is 38.1. The van der Waals surface area contributed by atoms with Crippen molar-refractivity contribution in [3.63, 3.8) is 0 Å². The molecule has 15 aromatic carbocycles. The van der Waals surface area contributed by atoms with Crippen molar-refractivity contribution in [3.8, 4) is 28.0 Å². The fraction of sp³-hybridized carbons (Fsp3) is 0.198. The largest absolute Gasteiger partial charge is 1.00 e. The molecule has 2 heterocycles. The number of rotatable bonds is 8. The van der Waals surface area contributed by atoms with E-state index in [9.17, 15) is 0 Å². The molecule has 0 saturated carbocycles. The molecule has 0 unspecified atom stereocenters. The minimum atomic E-state index is -0.523. The van der Waals surface area contributed by atoms with E-state index in [-0.39, 0.29) is 36.2 Å². The zero-order chi connectivity index (χ0) is 73.5. The minimum absolute atomic E-state index is 0. The molecule has 1 radical (unpaired) electrons. The third-order valence-corrected chi connectivity index (χ3v) is 22.6. The van der Waals surface area contributed by atoms with Crippen molar-refractivity contribution in [2.24, 2.45) is 0 Å². The molecule has 0 bridgehead atoms. The molecule has 14 heteroatoms. The summed E-state index contributed by atoms with van der Waals surface area (Å²) in [5.74, 6) is 0.640. The smallest absolute Gasteiger partial charge is 0.537 e. The summed E-state index contributed by atoms with van der Waals surface area (Å²) in [4.78, 5) is 0. The molecule has 1 N–H and O–H groups in total. The van der Waals surface area contributed by atoms with Gasteiger partial charge in [0.2, 0.25) is 0 Å². The Labute approximate surface area is 657 Å². The maximum atomic E-state index is 8.44.